The maximum atomic E-state index is 12.1. The lowest BCUT2D eigenvalue weighted by Crippen LogP contribution is -2.42. The summed E-state index contributed by atoms with van der Waals surface area (Å²) < 4.78 is 41.1. The van der Waals surface area contributed by atoms with Crippen LogP contribution in [0.3, 0.4) is 0 Å². The lowest BCUT2D eigenvalue weighted by molar-refractivity contribution is -0.143. The maximum absolute atomic E-state index is 12.1. The van der Waals surface area contributed by atoms with Crippen LogP contribution in [0.25, 0.3) is 0 Å². The molecule has 0 N–H and O–H groups in total. The van der Waals surface area contributed by atoms with E-state index in [2.05, 4.69) is 0 Å². The van der Waals surface area contributed by atoms with Gasteiger partial charge in [-0.1, -0.05) is 5.92 Å². The summed E-state index contributed by atoms with van der Waals surface area (Å²) in [5.41, 5.74) is -0.852. The van der Waals surface area contributed by atoms with E-state index < -0.39 is 31.0 Å². The first-order valence-corrected chi connectivity index (χ1v) is 4.53. The molecular weight excluding hydrogens is 223 g/mol. The Morgan fingerprint density at radius 1 is 1.38 bits per heavy atom. The number of rotatable bonds is 2. The van der Waals surface area contributed by atoms with Gasteiger partial charge >= 0.3 is 12.3 Å². The number of hydrogen-bond donors (Lipinski definition) is 0. The molecular formula is C10H14F3NO2. The Hall–Kier alpha value is -1.38. The van der Waals surface area contributed by atoms with Crippen LogP contribution in [0.4, 0.5) is 18.0 Å². The van der Waals surface area contributed by atoms with Crippen LogP contribution in [0.1, 0.15) is 20.8 Å². The smallest absolute Gasteiger partial charge is 0.411 e. The number of alkyl halides is 3. The fourth-order valence-corrected chi connectivity index (χ4v) is 0.838. The molecule has 0 aromatic rings. The highest BCUT2D eigenvalue weighted by Gasteiger charge is 2.34. The van der Waals surface area contributed by atoms with Gasteiger partial charge in [0.15, 0.2) is 0 Å². The van der Waals surface area contributed by atoms with E-state index in [4.69, 9.17) is 11.2 Å². The van der Waals surface area contributed by atoms with E-state index in [1.165, 1.54) is 0 Å². The summed E-state index contributed by atoms with van der Waals surface area (Å²) in [6.07, 6.45) is -0.676. The van der Waals surface area contributed by atoms with Gasteiger partial charge in [0.25, 0.3) is 0 Å². The van der Waals surface area contributed by atoms with Crippen molar-refractivity contribution in [2.24, 2.45) is 0 Å². The topological polar surface area (TPSA) is 29.5 Å². The van der Waals surface area contributed by atoms with Crippen LogP contribution in [0.5, 0.6) is 0 Å². The third kappa shape index (κ3) is 6.98. The van der Waals surface area contributed by atoms with Gasteiger partial charge in [-0.3, -0.25) is 4.90 Å². The summed E-state index contributed by atoms with van der Waals surface area (Å²) in [5, 5.41) is 0. The summed E-state index contributed by atoms with van der Waals surface area (Å²) in [7, 11) is 0. The molecule has 0 fully saturated rings. The maximum Gasteiger partial charge on any atom is 0.411 e. The average Bonchev–Trinajstić information content (AvgIpc) is 1.97. The molecule has 0 unspecified atom stereocenters. The van der Waals surface area contributed by atoms with Gasteiger partial charge < -0.3 is 4.74 Å². The fourth-order valence-electron chi connectivity index (χ4n) is 0.838. The fraction of sp³-hybridized carbons (Fsp3) is 0.700. The number of carbonyl (C=O) groups excluding carboxylic acids is 1. The number of nitrogens with zero attached hydrogens (tertiary/aromatic N) is 1. The van der Waals surface area contributed by atoms with Crippen LogP contribution in [0.15, 0.2) is 0 Å². The summed E-state index contributed by atoms with van der Waals surface area (Å²) in [6.45, 7) is 2.84. The first kappa shape index (κ1) is 14.6. The van der Waals surface area contributed by atoms with E-state index in [0.29, 0.717) is 4.90 Å². The zero-order valence-electron chi connectivity index (χ0n) is 9.39. The van der Waals surface area contributed by atoms with Crippen molar-refractivity contribution in [2.45, 2.75) is 32.5 Å². The van der Waals surface area contributed by atoms with E-state index in [1.807, 2.05) is 5.92 Å². The number of ether oxygens (including phenoxy) is 1. The highest BCUT2D eigenvalue weighted by atomic mass is 19.4. The first-order chi connectivity index (χ1) is 7.05. The molecule has 0 bridgehead atoms. The van der Waals surface area contributed by atoms with Gasteiger partial charge in [-0.2, -0.15) is 13.2 Å². The Labute approximate surface area is 92.6 Å². The summed E-state index contributed by atoms with van der Waals surface area (Å²) in [4.78, 5) is 11.8. The zero-order chi connectivity index (χ0) is 13.0. The van der Waals surface area contributed by atoms with Crippen molar-refractivity contribution in [2.75, 3.05) is 13.1 Å². The molecule has 0 aliphatic heterocycles. The highest BCUT2D eigenvalue weighted by molar-refractivity contribution is 5.68. The van der Waals surface area contributed by atoms with Crippen LogP contribution < -0.4 is 0 Å². The van der Waals surface area contributed by atoms with E-state index in [-0.39, 0.29) is 0 Å². The van der Waals surface area contributed by atoms with Crippen LogP contribution >= 0.6 is 0 Å². The molecule has 0 aliphatic rings. The first-order valence-electron chi connectivity index (χ1n) is 4.53. The van der Waals surface area contributed by atoms with Crippen LogP contribution in [-0.4, -0.2) is 35.9 Å². The number of amides is 1. The van der Waals surface area contributed by atoms with Crippen molar-refractivity contribution in [1.29, 1.82) is 0 Å². The second-order valence-electron chi connectivity index (χ2n) is 4.16. The van der Waals surface area contributed by atoms with Gasteiger partial charge in [-0.25, -0.2) is 4.79 Å². The Morgan fingerprint density at radius 3 is 2.19 bits per heavy atom. The van der Waals surface area contributed by atoms with Gasteiger partial charge in [-0.05, 0) is 20.8 Å². The standard InChI is InChI=1S/C10H14F3NO2/c1-5-6-14(7-10(11,12)13)8(15)16-9(2,3)4/h1H,6-7H2,2-4H3. The molecule has 6 heteroatoms. The average molecular weight is 237 g/mol. The minimum atomic E-state index is -4.49. The molecule has 0 aliphatic carbocycles. The molecule has 1 amide bonds. The lowest BCUT2D eigenvalue weighted by Gasteiger charge is -2.26. The van der Waals surface area contributed by atoms with Gasteiger partial charge in [0, 0.05) is 0 Å². The third-order valence-electron chi connectivity index (χ3n) is 1.30. The second-order valence-corrected chi connectivity index (χ2v) is 4.16. The summed E-state index contributed by atoms with van der Waals surface area (Å²) in [6, 6.07) is 0. The van der Waals surface area contributed by atoms with Gasteiger partial charge in [0.2, 0.25) is 0 Å². The lowest BCUT2D eigenvalue weighted by atomic mass is 10.2. The molecule has 0 heterocycles. The monoisotopic (exact) mass is 237 g/mol. The Balaban J connectivity index is 4.55. The van der Waals surface area contributed by atoms with Gasteiger partial charge in [0.1, 0.15) is 12.1 Å². The molecule has 0 saturated heterocycles. The zero-order valence-corrected chi connectivity index (χ0v) is 9.39. The molecule has 0 atom stereocenters. The second kappa shape index (κ2) is 5.10. The van der Waals surface area contributed by atoms with Crippen molar-refractivity contribution in [3.8, 4) is 12.3 Å². The normalized spacial score (nSPS) is 11.8. The van der Waals surface area contributed by atoms with Crippen LogP contribution in [0.2, 0.25) is 0 Å². The minimum absolute atomic E-state index is 0.436. The molecule has 0 rings (SSSR count). The molecule has 3 nitrogen and oxygen atoms in total. The highest BCUT2D eigenvalue weighted by Crippen LogP contribution is 2.18. The molecule has 0 spiro atoms. The van der Waals surface area contributed by atoms with Gasteiger partial charge in [0.05, 0.1) is 6.54 Å². The minimum Gasteiger partial charge on any atom is -0.444 e. The largest absolute Gasteiger partial charge is 0.444 e. The summed E-state index contributed by atoms with van der Waals surface area (Å²) in [5.74, 6) is 1.98. The predicted molar refractivity (Wildman–Crippen MR) is 52.7 cm³/mol. The Bertz CT molecular complexity index is 286. The van der Waals surface area contributed by atoms with Crippen molar-refractivity contribution in [1.82, 2.24) is 4.90 Å². The SMILES string of the molecule is C#CCN(CC(F)(F)F)C(=O)OC(C)(C)C. The van der Waals surface area contributed by atoms with E-state index in [0.717, 1.165) is 0 Å². The van der Waals surface area contributed by atoms with Crippen molar-refractivity contribution >= 4 is 6.09 Å². The van der Waals surface area contributed by atoms with Crippen molar-refractivity contribution < 1.29 is 22.7 Å². The number of carbonyl (C=O) groups is 1. The molecule has 0 saturated carbocycles. The molecule has 0 aromatic carbocycles. The number of hydrogen-bond acceptors (Lipinski definition) is 2. The van der Waals surface area contributed by atoms with Crippen molar-refractivity contribution in [3.05, 3.63) is 0 Å². The number of halogens is 3. The quantitative estimate of drug-likeness (QED) is 0.690. The molecule has 16 heavy (non-hydrogen) atoms. The van der Waals surface area contributed by atoms with Crippen LogP contribution in [0, 0.1) is 12.3 Å². The van der Waals surface area contributed by atoms with E-state index in [9.17, 15) is 18.0 Å². The van der Waals surface area contributed by atoms with Crippen molar-refractivity contribution in [3.63, 3.8) is 0 Å². The van der Waals surface area contributed by atoms with E-state index in [1.54, 1.807) is 20.8 Å². The summed E-state index contributed by atoms with van der Waals surface area (Å²) >= 11 is 0. The van der Waals surface area contributed by atoms with E-state index >= 15 is 0 Å². The Kier molecular flexibility index (Phi) is 4.66. The number of terminal acetylenes is 1. The molecule has 0 aromatic heterocycles. The molecule has 0 radical (unpaired) electrons. The van der Waals surface area contributed by atoms with Crippen LogP contribution in [-0.2, 0) is 4.74 Å². The third-order valence-corrected chi connectivity index (χ3v) is 1.30. The predicted octanol–water partition coefficient (Wildman–Crippen LogP) is 2.42. The molecule has 92 valence electrons. The Morgan fingerprint density at radius 2 is 1.88 bits per heavy atom. The van der Waals surface area contributed by atoms with Gasteiger partial charge in [-0.15, -0.1) is 6.42 Å².